The molecule has 0 radical (unpaired) electrons. The molecule has 1 heteroatoms. The summed E-state index contributed by atoms with van der Waals surface area (Å²) >= 11 is 0. The van der Waals surface area contributed by atoms with E-state index in [1.165, 1.54) is 36.8 Å². The van der Waals surface area contributed by atoms with Crippen LogP contribution in [0.15, 0.2) is 18.2 Å². The fourth-order valence-electron chi connectivity index (χ4n) is 3.03. The Kier molecular flexibility index (Phi) is 3.82. The lowest BCUT2D eigenvalue weighted by molar-refractivity contribution is 0.394. The van der Waals surface area contributed by atoms with E-state index in [1.807, 2.05) is 0 Å². The predicted molar refractivity (Wildman–Crippen MR) is 79.1 cm³/mol. The molecule has 100 valence electrons. The number of hydrogen-bond acceptors (Lipinski definition) is 1. The second-order valence-electron chi connectivity index (χ2n) is 6.93. The monoisotopic (exact) mass is 245 g/mol. The Bertz CT molecular complexity index is 406. The Balaban J connectivity index is 2.20. The van der Waals surface area contributed by atoms with E-state index in [0.29, 0.717) is 6.04 Å². The Morgan fingerprint density at radius 1 is 1.06 bits per heavy atom. The van der Waals surface area contributed by atoms with Crippen LogP contribution in [0.5, 0.6) is 0 Å². The molecule has 1 fully saturated rings. The van der Waals surface area contributed by atoms with Crippen molar-refractivity contribution in [1.29, 1.82) is 0 Å². The molecule has 1 aromatic carbocycles. The van der Waals surface area contributed by atoms with Crippen LogP contribution in [0.3, 0.4) is 0 Å². The minimum atomic E-state index is 0.248. The topological polar surface area (TPSA) is 26.0 Å². The molecule has 0 saturated heterocycles. The van der Waals surface area contributed by atoms with Crippen molar-refractivity contribution < 1.29 is 0 Å². The number of benzene rings is 1. The average molecular weight is 245 g/mol. The number of rotatable bonds is 1. The van der Waals surface area contributed by atoms with Gasteiger partial charge in [-0.25, -0.2) is 0 Å². The SMILES string of the molecule is Cc1cc(C(C)(C)C)ccc1C1CCC(N)CC1. The minimum Gasteiger partial charge on any atom is -0.328 e. The molecule has 0 aliphatic heterocycles. The molecule has 0 heterocycles. The van der Waals surface area contributed by atoms with Crippen molar-refractivity contribution in [3.63, 3.8) is 0 Å². The summed E-state index contributed by atoms with van der Waals surface area (Å²) in [4.78, 5) is 0. The molecule has 0 atom stereocenters. The number of aryl methyl sites for hydroxylation is 1. The molecule has 0 spiro atoms. The second-order valence-corrected chi connectivity index (χ2v) is 6.93. The maximum absolute atomic E-state index is 5.99. The van der Waals surface area contributed by atoms with Crippen molar-refractivity contribution in [1.82, 2.24) is 0 Å². The fraction of sp³-hybridized carbons (Fsp3) is 0.647. The van der Waals surface area contributed by atoms with Gasteiger partial charge in [-0.05, 0) is 60.6 Å². The third-order valence-electron chi connectivity index (χ3n) is 4.35. The summed E-state index contributed by atoms with van der Waals surface area (Å²) in [5.74, 6) is 0.735. The van der Waals surface area contributed by atoms with Crippen molar-refractivity contribution in [3.8, 4) is 0 Å². The molecule has 1 aliphatic carbocycles. The van der Waals surface area contributed by atoms with E-state index in [9.17, 15) is 0 Å². The van der Waals surface area contributed by atoms with Crippen LogP contribution in [0.2, 0.25) is 0 Å². The summed E-state index contributed by atoms with van der Waals surface area (Å²) in [7, 11) is 0. The highest BCUT2D eigenvalue weighted by molar-refractivity contribution is 5.36. The van der Waals surface area contributed by atoms with Gasteiger partial charge in [0.05, 0.1) is 0 Å². The molecule has 0 aromatic heterocycles. The number of nitrogens with two attached hydrogens (primary N) is 1. The molecule has 2 N–H and O–H groups in total. The van der Waals surface area contributed by atoms with Crippen LogP contribution in [0.1, 0.15) is 69.1 Å². The van der Waals surface area contributed by atoms with Gasteiger partial charge in [0.25, 0.3) is 0 Å². The zero-order valence-corrected chi connectivity index (χ0v) is 12.3. The molecular formula is C17H27N. The Morgan fingerprint density at radius 2 is 1.67 bits per heavy atom. The highest BCUT2D eigenvalue weighted by Gasteiger charge is 2.22. The van der Waals surface area contributed by atoms with Gasteiger partial charge in [-0.15, -0.1) is 0 Å². The van der Waals surface area contributed by atoms with E-state index in [0.717, 1.165) is 5.92 Å². The second kappa shape index (κ2) is 5.05. The van der Waals surface area contributed by atoms with Crippen molar-refractivity contribution in [2.24, 2.45) is 5.73 Å². The highest BCUT2D eigenvalue weighted by atomic mass is 14.6. The van der Waals surface area contributed by atoms with Gasteiger partial charge in [0.2, 0.25) is 0 Å². The first-order valence-corrected chi connectivity index (χ1v) is 7.24. The van der Waals surface area contributed by atoms with E-state index in [2.05, 4.69) is 45.9 Å². The zero-order chi connectivity index (χ0) is 13.3. The lowest BCUT2D eigenvalue weighted by atomic mass is 9.78. The van der Waals surface area contributed by atoms with E-state index in [4.69, 9.17) is 5.73 Å². The first kappa shape index (κ1) is 13.6. The summed E-state index contributed by atoms with van der Waals surface area (Å²) in [6.45, 7) is 9.10. The normalized spacial score (nSPS) is 25.2. The summed E-state index contributed by atoms with van der Waals surface area (Å²) < 4.78 is 0. The van der Waals surface area contributed by atoms with Crippen LogP contribution >= 0.6 is 0 Å². The molecular weight excluding hydrogens is 218 g/mol. The average Bonchev–Trinajstić information content (AvgIpc) is 2.29. The Hall–Kier alpha value is -0.820. The molecule has 18 heavy (non-hydrogen) atoms. The third-order valence-corrected chi connectivity index (χ3v) is 4.35. The molecule has 1 aromatic rings. The zero-order valence-electron chi connectivity index (χ0n) is 12.3. The number of hydrogen-bond donors (Lipinski definition) is 1. The van der Waals surface area contributed by atoms with Gasteiger partial charge in [-0.1, -0.05) is 39.0 Å². The maximum Gasteiger partial charge on any atom is 0.00392 e. The smallest absolute Gasteiger partial charge is 0.00392 e. The van der Waals surface area contributed by atoms with Crippen molar-refractivity contribution in [2.45, 2.75) is 70.8 Å². The van der Waals surface area contributed by atoms with Crippen LogP contribution in [-0.4, -0.2) is 6.04 Å². The molecule has 0 amide bonds. The van der Waals surface area contributed by atoms with Gasteiger partial charge in [-0.3, -0.25) is 0 Å². The van der Waals surface area contributed by atoms with Crippen molar-refractivity contribution in [2.75, 3.05) is 0 Å². The molecule has 1 saturated carbocycles. The van der Waals surface area contributed by atoms with Gasteiger partial charge < -0.3 is 5.73 Å². The summed E-state index contributed by atoms with van der Waals surface area (Å²) in [5.41, 5.74) is 10.7. The standard InChI is InChI=1S/C17H27N/c1-12-11-14(17(2,3)4)7-10-16(12)13-5-8-15(18)9-6-13/h7,10-11,13,15H,5-6,8-9,18H2,1-4H3. The minimum absolute atomic E-state index is 0.248. The van der Waals surface area contributed by atoms with Gasteiger partial charge in [0.15, 0.2) is 0 Å². The maximum atomic E-state index is 5.99. The van der Waals surface area contributed by atoms with Crippen LogP contribution in [0.25, 0.3) is 0 Å². The highest BCUT2D eigenvalue weighted by Crippen LogP contribution is 2.35. The quantitative estimate of drug-likeness (QED) is 0.785. The predicted octanol–water partition coefficient (Wildman–Crippen LogP) is 4.28. The Labute approximate surface area is 112 Å². The van der Waals surface area contributed by atoms with Crippen LogP contribution in [0, 0.1) is 6.92 Å². The Morgan fingerprint density at radius 3 is 2.17 bits per heavy atom. The van der Waals surface area contributed by atoms with E-state index in [-0.39, 0.29) is 5.41 Å². The van der Waals surface area contributed by atoms with Gasteiger partial charge in [-0.2, -0.15) is 0 Å². The van der Waals surface area contributed by atoms with Gasteiger partial charge >= 0.3 is 0 Å². The van der Waals surface area contributed by atoms with E-state index in [1.54, 1.807) is 5.56 Å². The molecule has 1 aliphatic rings. The van der Waals surface area contributed by atoms with Gasteiger partial charge in [0.1, 0.15) is 0 Å². The fourth-order valence-corrected chi connectivity index (χ4v) is 3.03. The molecule has 1 nitrogen and oxygen atoms in total. The van der Waals surface area contributed by atoms with Crippen molar-refractivity contribution >= 4 is 0 Å². The van der Waals surface area contributed by atoms with Crippen molar-refractivity contribution in [3.05, 3.63) is 34.9 Å². The van der Waals surface area contributed by atoms with Crippen LogP contribution in [0.4, 0.5) is 0 Å². The van der Waals surface area contributed by atoms with Gasteiger partial charge in [0, 0.05) is 6.04 Å². The van der Waals surface area contributed by atoms with Crippen LogP contribution in [-0.2, 0) is 5.41 Å². The lowest BCUT2D eigenvalue weighted by Gasteiger charge is -2.28. The lowest BCUT2D eigenvalue weighted by Crippen LogP contribution is -2.26. The first-order valence-electron chi connectivity index (χ1n) is 7.24. The molecule has 0 bridgehead atoms. The summed E-state index contributed by atoms with van der Waals surface area (Å²) in [6.07, 6.45) is 4.89. The third kappa shape index (κ3) is 2.95. The van der Waals surface area contributed by atoms with Crippen LogP contribution < -0.4 is 5.73 Å². The summed E-state index contributed by atoms with van der Waals surface area (Å²) in [6, 6.07) is 7.49. The van der Waals surface area contributed by atoms with E-state index < -0.39 is 0 Å². The van der Waals surface area contributed by atoms with E-state index >= 15 is 0 Å². The molecule has 2 rings (SSSR count). The molecule has 0 unspecified atom stereocenters. The summed E-state index contributed by atoms with van der Waals surface area (Å²) in [5, 5.41) is 0. The largest absolute Gasteiger partial charge is 0.328 e. The first-order chi connectivity index (χ1) is 8.38.